The molecule has 0 fully saturated rings. The highest BCUT2D eigenvalue weighted by atomic mass is 16.5. The minimum Gasteiger partial charge on any atom is -0.495 e. The zero-order valence-corrected chi connectivity index (χ0v) is 17.6. The zero-order valence-electron chi connectivity index (χ0n) is 17.6. The molecule has 0 radical (unpaired) electrons. The van der Waals surface area contributed by atoms with Crippen LogP contribution in [-0.2, 0) is 4.79 Å². The van der Waals surface area contributed by atoms with Crippen molar-refractivity contribution in [1.82, 2.24) is 0 Å². The lowest BCUT2D eigenvalue weighted by atomic mass is 10.0. The molecule has 30 heavy (non-hydrogen) atoms. The SMILES string of the molecule is COc1ccc(C=C(C#N)c2cc(OC)c(OC)c(OC)c2)cc1NC(=O)C(C)N. The first kappa shape index (κ1) is 22.6. The number of benzene rings is 2. The van der Waals surface area contributed by atoms with Crippen molar-refractivity contribution in [3.63, 3.8) is 0 Å². The van der Waals surface area contributed by atoms with Gasteiger partial charge in [-0.05, 0) is 48.4 Å². The normalized spacial score (nSPS) is 11.8. The highest BCUT2D eigenvalue weighted by Crippen LogP contribution is 2.40. The Balaban J connectivity index is 2.53. The van der Waals surface area contributed by atoms with Gasteiger partial charge in [0.2, 0.25) is 11.7 Å². The quantitative estimate of drug-likeness (QED) is 0.506. The van der Waals surface area contributed by atoms with E-state index in [0.717, 1.165) is 0 Å². The maximum absolute atomic E-state index is 12.0. The van der Waals surface area contributed by atoms with E-state index in [4.69, 9.17) is 24.7 Å². The maximum Gasteiger partial charge on any atom is 0.241 e. The van der Waals surface area contributed by atoms with Gasteiger partial charge >= 0.3 is 0 Å². The lowest BCUT2D eigenvalue weighted by Crippen LogP contribution is -2.32. The van der Waals surface area contributed by atoms with Gasteiger partial charge in [-0.3, -0.25) is 4.79 Å². The Labute approximate surface area is 175 Å². The van der Waals surface area contributed by atoms with E-state index in [1.807, 2.05) is 0 Å². The van der Waals surface area contributed by atoms with Gasteiger partial charge in [0.05, 0.1) is 51.8 Å². The molecule has 0 spiro atoms. The van der Waals surface area contributed by atoms with E-state index < -0.39 is 6.04 Å². The minimum absolute atomic E-state index is 0.348. The monoisotopic (exact) mass is 411 g/mol. The summed E-state index contributed by atoms with van der Waals surface area (Å²) in [7, 11) is 6.03. The van der Waals surface area contributed by atoms with Crippen LogP contribution in [0.25, 0.3) is 11.6 Å². The van der Waals surface area contributed by atoms with Crippen LogP contribution in [0.4, 0.5) is 5.69 Å². The number of hydrogen-bond acceptors (Lipinski definition) is 7. The number of ether oxygens (including phenoxy) is 4. The van der Waals surface area contributed by atoms with Crippen LogP contribution in [0.15, 0.2) is 30.3 Å². The van der Waals surface area contributed by atoms with Gasteiger partial charge < -0.3 is 30.0 Å². The summed E-state index contributed by atoms with van der Waals surface area (Å²) in [6.07, 6.45) is 1.68. The van der Waals surface area contributed by atoms with Crippen molar-refractivity contribution in [2.45, 2.75) is 13.0 Å². The van der Waals surface area contributed by atoms with Crippen LogP contribution in [0.3, 0.4) is 0 Å². The van der Waals surface area contributed by atoms with Gasteiger partial charge in [0, 0.05) is 0 Å². The van der Waals surface area contributed by atoms with E-state index in [-0.39, 0.29) is 5.91 Å². The molecule has 0 aliphatic carbocycles. The summed E-state index contributed by atoms with van der Waals surface area (Å²) in [5.74, 6) is 1.44. The predicted octanol–water partition coefficient (Wildman–Crippen LogP) is 3.07. The van der Waals surface area contributed by atoms with Crippen LogP contribution in [0.1, 0.15) is 18.1 Å². The van der Waals surface area contributed by atoms with Crippen molar-refractivity contribution in [2.75, 3.05) is 33.8 Å². The average molecular weight is 411 g/mol. The topological polar surface area (TPSA) is 116 Å². The van der Waals surface area contributed by atoms with Crippen LogP contribution in [0, 0.1) is 11.3 Å². The molecule has 2 rings (SSSR count). The van der Waals surface area contributed by atoms with Crippen molar-refractivity contribution < 1.29 is 23.7 Å². The number of nitrogens with two attached hydrogens (primary N) is 1. The molecular formula is C22H25N3O5. The second-order valence-electron chi connectivity index (χ2n) is 6.32. The number of amides is 1. The summed E-state index contributed by atoms with van der Waals surface area (Å²) in [4.78, 5) is 12.0. The molecule has 8 heteroatoms. The second kappa shape index (κ2) is 10.2. The fourth-order valence-electron chi connectivity index (χ4n) is 2.74. The number of nitrogens with one attached hydrogen (secondary N) is 1. The lowest BCUT2D eigenvalue weighted by Gasteiger charge is -2.14. The number of carbonyl (C=O) groups is 1. The first-order chi connectivity index (χ1) is 14.4. The largest absolute Gasteiger partial charge is 0.495 e. The van der Waals surface area contributed by atoms with Crippen molar-refractivity contribution >= 4 is 23.2 Å². The molecule has 158 valence electrons. The molecule has 0 heterocycles. The Morgan fingerprint density at radius 1 is 1.03 bits per heavy atom. The van der Waals surface area contributed by atoms with Crippen LogP contribution in [0.5, 0.6) is 23.0 Å². The number of allylic oxidation sites excluding steroid dienone is 1. The number of anilines is 1. The summed E-state index contributed by atoms with van der Waals surface area (Å²) in [6, 6.07) is 10.1. The fraction of sp³-hybridized carbons (Fsp3) is 0.273. The smallest absolute Gasteiger partial charge is 0.241 e. The standard InChI is InChI=1S/C22H25N3O5/c1-13(24)22(26)25-17-9-14(6-7-18(17)27-2)8-16(12-23)15-10-19(28-3)21(30-5)20(11-15)29-4/h6-11,13H,24H2,1-5H3,(H,25,26). The second-order valence-corrected chi connectivity index (χ2v) is 6.32. The van der Waals surface area contributed by atoms with Gasteiger partial charge in [-0.1, -0.05) is 6.07 Å². The molecule has 2 aromatic rings. The average Bonchev–Trinajstić information content (AvgIpc) is 2.76. The Kier molecular flexibility index (Phi) is 7.67. The Hall–Kier alpha value is -3.70. The Bertz CT molecular complexity index is 968. The summed E-state index contributed by atoms with van der Waals surface area (Å²) in [6.45, 7) is 1.59. The summed E-state index contributed by atoms with van der Waals surface area (Å²) in [5, 5.41) is 12.5. The predicted molar refractivity (Wildman–Crippen MR) is 115 cm³/mol. The Morgan fingerprint density at radius 2 is 1.63 bits per heavy atom. The lowest BCUT2D eigenvalue weighted by molar-refractivity contribution is -0.117. The van der Waals surface area contributed by atoms with Crippen molar-refractivity contribution in [2.24, 2.45) is 5.73 Å². The molecule has 0 saturated heterocycles. The molecule has 8 nitrogen and oxygen atoms in total. The third kappa shape index (κ3) is 5.01. The third-order valence-corrected chi connectivity index (χ3v) is 4.30. The maximum atomic E-state index is 12.0. The fourth-order valence-corrected chi connectivity index (χ4v) is 2.74. The van der Waals surface area contributed by atoms with Crippen LogP contribution in [-0.4, -0.2) is 40.4 Å². The van der Waals surface area contributed by atoms with E-state index in [0.29, 0.717) is 45.4 Å². The molecule has 0 bridgehead atoms. The Morgan fingerprint density at radius 3 is 2.10 bits per heavy atom. The highest BCUT2D eigenvalue weighted by Gasteiger charge is 2.16. The highest BCUT2D eigenvalue weighted by molar-refractivity contribution is 5.97. The van der Waals surface area contributed by atoms with Gasteiger partial charge in [-0.2, -0.15) is 5.26 Å². The molecule has 0 saturated carbocycles. The van der Waals surface area contributed by atoms with Gasteiger partial charge in [0.25, 0.3) is 0 Å². The van der Waals surface area contributed by atoms with Gasteiger partial charge in [0.15, 0.2) is 11.5 Å². The molecule has 2 aromatic carbocycles. The van der Waals surface area contributed by atoms with E-state index in [1.54, 1.807) is 43.3 Å². The molecule has 1 amide bonds. The summed E-state index contributed by atoms with van der Waals surface area (Å²) >= 11 is 0. The van der Waals surface area contributed by atoms with Crippen LogP contribution >= 0.6 is 0 Å². The third-order valence-electron chi connectivity index (χ3n) is 4.30. The number of methoxy groups -OCH3 is 4. The first-order valence-corrected chi connectivity index (χ1v) is 9.05. The van der Waals surface area contributed by atoms with Gasteiger partial charge in [-0.15, -0.1) is 0 Å². The number of nitrogens with zero attached hydrogens (tertiary/aromatic N) is 1. The van der Waals surface area contributed by atoms with Crippen molar-refractivity contribution in [3.8, 4) is 29.1 Å². The molecule has 1 unspecified atom stereocenters. The number of hydrogen-bond donors (Lipinski definition) is 2. The van der Waals surface area contributed by atoms with Gasteiger partial charge in [0.1, 0.15) is 5.75 Å². The van der Waals surface area contributed by atoms with E-state index in [2.05, 4.69) is 11.4 Å². The van der Waals surface area contributed by atoms with Crippen LogP contribution in [0.2, 0.25) is 0 Å². The minimum atomic E-state index is -0.678. The molecule has 0 aromatic heterocycles. The zero-order chi connectivity index (χ0) is 22.3. The summed E-state index contributed by atoms with van der Waals surface area (Å²) in [5.41, 5.74) is 7.72. The summed E-state index contributed by atoms with van der Waals surface area (Å²) < 4.78 is 21.3. The van der Waals surface area contributed by atoms with E-state index in [1.165, 1.54) is 28.4 Å². The van der Waals surface area contributed by atoms with Gasteiger partial charge in [-0.25, -0.2) is 0 Å². The number of rotatable bonds is 8. The molecule has 1 atom stereocenters. The first-order valence-electron chi connectivity index (χ1n) is 9.05. The van der Waals surface area contributed by atoms with Crippen molar-refractivity contribution in [1.29, 1.82) is 5.26 Å². The number of carbonyl (C=O) groups excluding carboxylic acids is 1. The molecule has 3 N–H and O–H groups in total. The number of nitriles is 1. The molecule has 0 aliphatic rings. The van der Waals surface area contributed by atoms with Crippen LogP contribution < -0.4 is 30.0 Å². The molecule has 0 aliphatic heterocycles. The molecular weight excluding hydrogens is 386 g/mol. The van der Waals surface area contributed by atoms with E-state index >= 15 is 0 Å². The van der Waals surface area contributed by atoms with Crippen molar-refractivity contribution in [3.05, 3.63) is 41.5 Å². The van der Waals surface area contributed by atoms with E-state index in [9.17, 15) is 10.1 Å².